The lowest BCUT2D eigenvalue weighted by atomic mass is 9.86. The Hall–Kier alpha value is -1.96. The minimum absolute atomic E-state index is 0.0842. The van der Waals surface area contributed by atoms with E-state index in [0.29, 0.717) is 5.75 Å². The molecular weight excluding hydrogens is 258 g/mol. The Balaban J connectivity index is 2.42. The molecule has 2 N–H and O–H groups in total. The largest absolute Gasteiger partial charge is 0.508 e. The van der Waals surface area contributed by atoms with E-state index in [4.69, 9.17) is 0 Å². The molecular formula is C19H25NO. The number of aromatic hydroxyl groups is 1. The van der Waals surface area contributed by atoms with E-state index in [2.05, 4.69) is 59.0 Å². The van der Waals surface area contributed by atoms with Gasteiger partial charge in [0.05, 0.1) is 0 Å². The average molecular weight is 283 g/mol. The van der Waals surface area contributed by atoms with Crippen LogP contribution in [0.15, 0.2) is 30.3 Å². The van der Waals surface area contributed by atoms with E-state index in [1.54, 1.807) is 6.07 Å². The van der Waals surface area contributed by atoms with Crippen molar-refractivity contribution < 1.29 is 5.11 Å². The Morgan fingerprint density at radius 3 is 2.00 bits per heavy atom. The van der Waals surface area contributed by atoms with E-state index in [1.165, 1.54) is 16.7 Å². The third-order valence-electron chi connectivity index (χ3n) is 3.75. The van der Waals surface area contributed by atoms with Gasteiger partial charge in [-0.1, -0.05) is 38.5 Å². The van der Waals surface area contributed by atoms with Crippen LogP contribution in [0.3, 0.4) is 0 Å². The summed E-state index contributed by atoms with van der Waals surface area (Å²) in [5.41, 5.74) is 6.76. The van der Waals surface area contributed by atoms with Crippen LogP contribution >= 0.6 is 0 Å². The summed E-state index contributed by atoms with van der Waals surface area (Å²) >= 11 is 0. The van der Waals surface area contributed by atoms with Crippen molar-refractivity contribution in [2.75, 3.05) is 5.32 Å². The first-order valence-corrected chi connectivity index (χ1v) is 7.37. The van der Waals surface area contributed by atoms with Crippen LogP contribution in [0.4, 0.5) is 11.4 Å². The second kappa shape index (κ2) is 5.44. The van der Waals surface area contributed by atoms with Crippen molar-refractivity contribution in [3.63, 3.8) is 0 Å². The van der Waals surface area contributed by atoms with E-state index in [-0.39, 0.29) is 5.41 Å². The van der Waals surface area contributed by atoms with Crippen LogP contribution in [0.2, 0.25) is 0 Å². The summed E-state index contributed by atoms with van der Waals surface area (Å²) in [6, 6.07) is 10.1. The van der Waals surface area contributed by atoms with E-state index in [0.717, 1.165) is 16.9 Å². The predicted octanol–water partition coefficient (Wildman–Crippen LogP) is 5.36. The molecule has 2 rings (SSSR count). The molecule has 2 aromatic carbocycles. The van der Waals surface area contributed by atoms with Crippen LogP contribution < -0.4 is 5.32 Å². The molecule has 2 nitrogen and oxygen atoms in total. The topological polar surface area (TPSA) is 32.3 Å². The summed E-state index contributed by atoms with van der Waals surface area (Å²) < 4.78 is 0. The third-order valence-corrected chi connectivity index (χ3v) is 3.75. The zero-order chi connectivity index (χ0) is 15.8. The zero-order valence-electron chi connectivity index (χ0n) is 13.8. The molecule has 0 aliphatic carbocycles. The number of phenolic OH excluding ortho intramolecular Hbond substituents is 1. The highest BCUT2D eigenvalue weighted by atomic mass is 16.3. The van der Waals surface area contributed by atoms with Crippen molar-refractivity contribution in [3.8, 4) is 5.75 Å². The zero-order valence-corrected chi connectivity index (χ0v) is 13.8. The number of hydrogen-bond acceptors (Lipinski definition) is 2. The van der Waals surface area contributed by atoms with E-state index < -0.39 is 0 Å². The fourth-order valence-corrected chi connectivity index (χ4v) is 2.74. The number of rotatable bonds is 2. The Morgan fingerprint density at radius 1 is 0.905 bits per heavy atom. The maximum Gasteiger partial charge on any atom is 0.119 e. The van der Waals surface area contributed by atoms with Crippen LogP contribution in [0, 0.1) is 20.8 Å². The van der Waals surface area contributed by atoms with Crippen molar-refractivity contribution in [1.29, 1.82) is 0 Å². The lowest BCUT2D eigenvalue weighted by molar-refractivity contribution is 0.447. The molecule has 0 spiro atoms. The summed E-state index contributed by atoms with van der Waals surface area (Å²) in [6.45, 7) is 12.7. The Labute approximate surface area is 127 Å². The molecule has 0 saturated heterocycles. The van der Waals surface area contributed by atoms with Crippen molar-refractivity contribution in [3.05, 3.63) is 52.6 Å². The quantitative estimate of drug-likeness (QED) is 0.727. The fraction of sp³-hybridized carbons (Fsp3) is 0.368. The van der Waals surface area contributed by atoms with Crippen molar-refractivity contribution in [2.45, 2.75) is 47.0 Å². The SMILES string of the molecule is Cc1cc(C)c(Nc2ccc(O)c(C(C)(C)C)c2)c(C)c1. The van der Waals surface area contributed by atoms with Gasteiger partial charge in [0.1, 0.15) is 5.75 Å². The Kier molecular flexibility index (Phi) is 3.99. The van der Waals surface area contributed by atoms with Gasteiger partial charge < -0.3 is 10.4 Å². The number of anilines is 2. The number of nitrogens with one attached hydrogen (secondary N) is 1. The Morgan fingerprint density at radius 2 is 1.48 bits per heavy atom. The minimum atomic E-state index is -0.0842. The van der Waals surface area contributed by atoms with Gasteiger partial charge in [-0.15, -0.1) is 0 Å². The lowest BCUT2D eigenvalue weighted by Crippen LogP contribution is -2.11. The normalized spacial score (nSPS) is 11.5. The third kappa shape index (κ3) is 3.38. The van der Waals surface area contributed by atoms with Gasteiger partial charge in [-0.3, -0.25) is 0 Å². The van der Waals surface area contributed by atoms with Gasteiger partial charge in [0.15, 0.2) is 0 Å². The molecule has 0 unspecified atom stereocenters. The first-order chi connectivity index (χ1) is 9.68. The summed E-state index contributed by atoms with van der Waals surface area (Å²) in [5.74, 6) is 0.352. The smallest absolute Gasteiger partial charge is 0.119 e. The van der Waals surface area contributed by atoms with Crippen LogP contribution in [-0.4, -0.2) is 5.11 Å². The molecule has 0 radical (unpaired) electrons. The van der Waals surface area contributed by atoms with E-state index >= 15 is 0 Å². The maximum atomic E-state index is 10.1. The van der Waals surface area contributed by atoms with Crippen molar-refractivity contribution in [2.24, 2.45) is 0 Å². The highest BCUT2D eigenvalue weighted by Gasteiger charge is 2.18. The van der Waals surface area contributed by atoms with Gasteiger partial charge in [0.2, 0.25) is 0 Å². The first kappa shape index (κ1) is 15.4. The summed E-state index contributed by atoms with van der Waals surface area (Å²) in [7, 11) is 0. The van der Waals surface area contributed by atoms with Crippen LogP contribution in [-0.2, 0) is 5.41 Å². The minimum Gasteiger partial charge on any atom is -0.508 e. The molecule has 0 saturated carbocycles. The average Bonchev–Trinajstić information content (AvgIpc) is 2.34. The molecule has 0 bridgehead atoms. The summed E-state index contributed by atoms with van der Waals surface area (Å²) in [4.78, 5) is 0. The van der Waals surface area contributed by atoms with Crippen molar-refractivity contribution >= 4 is 11.4 Å². The maximum absolute atomic E-state index is 10.1. The van der Waals surface area contributed by atoms with E-state index in [1.807, 2.05) is 12.1 Å². The standard InChI is InChI=1S/C19H25NO/c1-12-9-13(2)18(14(3)10-12)20-15-7-8-17(21)16(11-15)19(4,5)6/h7-11,20-21H,1-6H3. The molecule has 0 atom stereocenters. The molecule has 0 heterocycles. The molecule has 112 valence electrons. The van der Waals surface area contributed by atoms with Crippen LogP contribution in [0.5, 0.6) is 5.75 Å². The van der Waals surface area contributed by atoms with Crippen LogP contribution in [0.1, 0.15) is 43.0 Å². The predicted molar refractivity (Wildman–Crippen MR) is 90.7 cm³/mol. The lowest BCUT2D eigenvalue weighted by Gasteiger charge is -2.22. The van der Waals surface area contributed by atoms with Crippen LogP contribution in [0.25, 0.3) is 0 Å². The van der Waals surface area contributed by atoms with Crippen molar-refractivity contribution in [1.82, 2.24) is 0 Å². The summed E-state index contributed by atoms with van der Waals surface area (Å²) in [6.07, 6.45) is 0. The molecule has 0 fully saturated rings. The van der Waals surface area contributed by atoms with Gasteiger partial charge >= 0.3 is 0 Å². The summed E-state index contributed by atoms with van der Waals surface area (Å²) in [5, 5.41) is 13.6. The number of benzene rings is 2. The second-order valence-corrected chi connectivity index (χ2v) is 6.88. The molecule has 0 amide bonds. The molecule has 21 heavy (non-hydrogen) atoms. The fourth-order valence-electron chi connectivity index (χ4n) is 2.74. The number of phenols is 1. The highest BCUT2D eigenvalue weighted by Crippen LogP contribution is 2.34. The molecule has 0 aliphatic rings. The highest BCUT2D eigenvalue weighted by molar-refractivity contribution is 5.68. The number of hydrogen-bond donors (Lipinski definition) is 2. The number of aryl methyl sites for hydroxylation is 3. The van der Waals surface area contributed by atoms with Gasteiger partial charge in [0, 0.05) is 16.9 Å². The molecule has 0 aliphatic heterocycles. The van der Waals surface area contributed by atoms with E-state index in [9.17, 15) is 5.11 Å². The second-order valence-electron chi connectivity index (χ2n) is 6.88. The van der Waals surface area contributed by atoms with Gasteiger partial charge in [0.25, 0.3) is 0 Å². The molecule has 2 aromatic rings. The van der Waals surface area contributed by atoms with Gasteiger partial charge in [-0.05, 0) is 55.5 Å². The van der Waals surface area contributed by atoms with Gasteiger partial charge in [-0.25, -0.2) is 0 Å². The monoisotopic (exact) mass is 283 g/mol. The molecule has 2 heteroatoms. The van der Waals surface area contributed by atoms with Gasteiger partial charge in [-0.2, -0.15) is 0 Å². The molecule has 0 aromatic heterocycles. The Bertz CT molecular complexity index is 643. The first-order valence-electron chi connectivity index (χ1n) is 7.37.